The van der Waals surface area contributed by atoms with Crippen LogP contribution in [0.15, 0.2) is 78.9 Å². The SMILES string of the molecule is [CH3][Ge]([c]1ccccc1)=[Hf+2]([CH]1CCC2C=CC=CC21)[CH]1CCC2C=CC=CC21.[Cl-].[Cl-]. The van der Waals surface area contributed by atoms with Crippen molar-refractivity contribution in [2.45, 2.75) is 38.8 Å². The summed E-state index contributed by atoms with van der Waals surface area (Å²) in [5.74, 6) is 6.29. The van der Waals surface area contributed by atoms with E-state index in [0.29, 0.717) is 0 Å². The molecule has 6 atom stereocenters. The van der Waals surface area contributed by atoms with Crippen molar-refractivity contribution in [3.63, 3.8) is 0 Å². The Morgan fingerprint density at radius 3 is 1.69 bits per heavy atom. The van der Waals surface area contributed by atoms with E-state index >= 15 is 0 Å². The van der Waals surface area contributed by atoms with Crippen LogP contribution in [-0.4, -0.2) is 10.1 Å². The number of hydrogen-bond acceptors (Lipinski definition) is 0. The Morgan fingerprint density at radius 1 is 0.690 bits per heavy atom. The molecule has 0 bridgehead atoms. The molecule has 5 rings (SSSR count). The Morgan fingerprint density at radius 2 is 1.17 bits per heavy atom. The van der Waals surface area contributed by atoms with Crippen molar-refractivity contribution in [1.29, 1.82) is 0 Å². The van der Waals surface area contributed by atoms with Crippen LogP contribution in [0.5, 0.6) is 0 Å². The molecule has 0 nitrogen and oxygen atoms in total. The quantitative estimate of drug-likeness (QED) is 0.405. The molecule has 2 saturated carbocycles. The van der Waals surface area contributed by atoms with Gasteiger partial charge in [-0.3, -0.25) is 0 Å². The molecule has 1 aromatic rings. The molecule has 6 unspecified atom stereocenters. The molecular weight excluding hydrogens is 622 g/mol. The minimum atomic E-state index is -1.81. The summed E-state index contributed by atoms with van der Waals surface area (Å²) < 4.78 is 4.03. The third-order valence-electron chi connectivity index (χ3n) is 7.58. The van der Waals surface area contributed by atoms with Crippen LogP contribution in [0.2, 0.25) is 13.1 Å². The number of halogens is 2. The normalized spacial score (nSPS) is 33.1. The van der Waals surface area contributed by atoms with Crippen molar-refractivity contribution in [3.8, 4) is 0 Å². The van der Waals surface area contributed by atoms with Gasteiger partial charge in [-0.05, 0) is 0 Å². The van der Waals surface area contributed by atoms with Gasteiger partial charge in [-0.1, -0.05) is 0 Å². The summed E-state index contributed by atoms with van der Waals surface area (Å²) in [5, 5.41) is 0. The Hall–Kier alpha value is 0.173. The van der Waals surface area contributed by atoms with Crippen molar-refractivity contribution in [1.82, 2.24) is 0 Å². The van der Waals surface area contributed by atoms with Crippen LogP contribution >= 0.6 is 0 Å². The van der Waals surface area contributed by atoms with Crippen LogP contribution in [0.3, 0.4) is 0 Å². The first-order chi connectivity index (χ1) is 13.3. The second kappa shape index (κ2) is 10.7. The molecule has 4 heteroatoms. The summed E-state index contributed by atoms with van der Waals surface area (Å²) in [5.41, 5.74) is 0. The molecule has 0 aromatic heterocycles. The monoisotopic (exact) mass is 654 g/mol. The molecule has 0 heterocycles. The second-order valence-electron chi connectivity index (χ2n) is 8.84. The Balaban J connectivity index is 0.00000120. The molecule has 4 aliphatic rings. The summed E-state index contributed by atoms with van der Waals surface area (Å²) in [4.78, 5) is 0. The van der Waals surface area contributed by atoms with Crippen LogP contribution < -0.4 is 29.2 Å². The Labute approximate surface area is 197 Å². The van der Waals surface area contributed by atoms with E-state index in [0.717, 1.165) is 31.0 Å². The molecular formula is C25H30Cl2GeHf. The largest absolute Gasteiger partial charge is 1.00 e. The number of rotatable bonds is 3. The van der Waals surface area contributed by atoms with Gasteiger partial charge in [-0.25, -0.2) is 0 Å². The Bertz CT molecular complexity index is 809. The average Bonchev–Trinajstić information content (AvgIpc) is 3.34. The predicted octanol–water partition coefficient (Wildman–Crippen LogP) is 0.0225. The van der Waals surface area contributed by atoms with Gasteiger partial charge >= 0.3 is 174 Å². The first-order valence-corrected chi connectivity index (χ1v) is 28.5. The third-order valence-corrected chi connectivity index (χ3v) is 56.8. The maximum absolute atomic E-state index is 2.78. The van der Waals surface area contributed by atoms with E-state index in [9.17, 15) is 0 Å². The first-order valence-electron chi connectivity index (χ1n) is 10.8. The fraction of sp³-hybridized carbons (Fsp3) is 0.440. The van der Waals surface area contributed by atoms with Crippen LogP contribution in [-0.2, 0) is 18.3 Å². The molecule has 0 radical (unpaired) electrons. The van der Waals surface area contributed by atoms with Crippen molar-refractivity contribution < 1.29 is 43.2 Å². The maximum atomic E-state index is 2.78. The molecule has 1 aromatic carbocycles. The Kier molecular flexibility index (Phi) is 8.76. The van der Waals surface area contributed by atoms with Crippen LogP contribution in [0.25, 0.3) is 0 Å². The summed E-state index contributed by atoms with van der Waals surface area (Å²) in [6.45, 7) is 0. The molecule has 0 aliphatic heterocycles. The fourth-order valence-electron chi connectivity index (χ4n) is 6.32. The van der Waals surface area contributed by atoms with Gasteiger partial charge in [-0.15, -0.1) is 0 Å². The average molecular weight is 653 g/mol. The minimum Gasteiger partial charge on any atom is -1.00 e. The number of hydrogen-bond donors (Lipinski definition) is 0. The molecule has 0 N–H and O–H groups in total. The van der Waals surface area contributed by atoms with Gasteiger partial charge in [0.1, 0.15) is 0 Å². The van der Waals surface area contributed by atoms with Crippen molar-refractivity contribution in [2.75, 3.05) is 0 Å². The zero-order valence-corrected chi connectivity index (χ0v) is 24.3. The maximum Gasteiger partial charge on any atom is -1.00 e. The standard InChI is InChI=1S/2C9H11.C7H8Ge.2ClH.Hf/c2*1-2-5-9-7-3-6-8(9)4-1;1-8-7-5-3-2-4-6-7;;;/h2*1-2,4-6,8-9H,3,7H2;2-6H,1H3;2*1H;/q;;;;;+2/p-2. The van der Waals surface area contributed by atoms with Gasteiger partial charge in [0.25, 0.3) is 0 Å². The van der Waals surface area contributed by atoms with Gasteiger partial charge in [0.2, 0.25) is 0 Å². The summed E-state index contributed by atoms with van der Waals surface area (Å²) >= 11 is -1.81. The number of fused-ring (bicyclic) bond motifs is 2. The molecule has 0 saturated heterocycles. The van der Waals surface area contributed by atoms with Crippen LogP contribution in [0.1, 0.15) is 25.7 Å². The second-order valence-corrected chi connectivity index (χ2v) is 45.2. The number of allylic oxidation sites excluding steroid dienone is 8. The summed E-state index contributed by atoms with van der Waals surface area (Å²) in [6, 6.07) is 11.8. The van der Waals surface area contributed by atoms with Gasteiger partial charge < -0.3 is 24.8 Å². The van der Waals surface area contributed by atoms with Gasteiger partial charge in [-0.2, -0.15) is 0 Å². The van der Waals surface area contributed by atoms with E-state index in [4.69, 9.17) is 0 Å². The van der Waals surface area contributed by atoms with E-state index in [-0.39, 0.29) is 24.8 Å². The van der Waals surface area contributed by atoms with E-state index in [2.05, 4.69) is 84.7 Å². The molecule has 152 valence electrons. The molecule has 2 fully saturated rings. The van der Waals surface area contributed by atoms with E-state index < -0.39 is 28.4 Å². The molecule has 29 heavy (non-hydrogen) atoms. The van der Waals surface area contributed by atoms with E-state index in [1.165, 1.54) is 25.7 Å². The van der Waals surface area contributed by atoms with E-state index in [1.807, 2.05) is 0 Å². The predicted molar refractivity (Wildman–Crippen MR) is 114 cm³/mol. The van der Waals surface area contributed by atoms with Gasteiger partial charge in [0.05, 0.1) is 0 Å². The van der Waals surface area contributed by atoms with Crippen molar-refractivity contribution >= 4 is 14.5 Å². The number of benzene rings is 1. The van der Waals surface area contributed by atoms with Gasteiger partial charge in [0, 0.05) is 0 Å². The summed E-state index contributed by atoms with van der Waals surface area (Å²) in [7, 11) is -1.15. The van der Waals surface area contributed by atoms with E-state index in [1.54, 1.807) is 4.40 Å². The molecule has 0 amide bonds. The van der Waals surface area contributed by atoms with Crippen molar-refractivity contribution in [3.05, 3.63) is 78.9 Å². The molecule has 4 aliphatic carbocycles. The molecule has 0 spiro atoms. The zero-order valence-electron chi connectivity index (χ0n) is 17.1. The summed E-state index contributed by atoms with van der Waals surface area (Å²) in [6.07, 6.45) is 25.7. The van der Waals surface area contributed by atoms with Gasteiger partial charge in [0.15, 0.2) is 0 Å². The topological polar surface area (TPSA) is 0 Å². The zero-order chi connectivity index (χ0) is 18.2. The minimum absolute atomic E-state index is 0. The van der Waals surface area contributed by atoms with Crippen LogP contribution in [0, 0.1) is 23.7 Å². The van der Waals surface area contributed by atoms with Crippen molar-refractivity contribution in [2.24, 2.45) is 23.7 Å². The third kappa shape index (κ3) is 4.69. The fourth-order valence-corrected chi connectivity index (χ4v) is 63.4. The van der Waals surface area contributed by atoms with Crippen LogP contribution in [0.4, 0.5) is 0 Å². The first kappa shape index (κ1) is 23.8. The smallest absolute Gasteiger partial charge is 1.00 e.